The number of thiophene rings is 2. The van der Waals surface area contributed by atoms with E-state index in [1.807, 2.05) is 22.7 Å². The molecule has 0 fully saturated rings. The van der Waals surface area contributed by atoms with Crippen LogP contribution in [0.1, 0.15) is 0 Å². The fourth-order valence-electron chi connectivity index (χ4n) is 10.9. The molecule has 0 saturated heterocycles. The highest BCUT2D eigenvalue weighted by molar-refractivity contribution is 7.26. The standard InChI is InChI=1S/C66H40N2OS2/c1-3-19-49(20-4-1)67(51-24-26-55-59-33-42-14-8-11-17-45(42)36-63(59)70-65(55)39-51)53-29-48(47-23-28-61-57(32-47)58-31-41-13-7-10-16-44(41)35-62(58)69-61)30-54(38-53)68(50-21-5-2-6-22-50)52-25-27-56-60-34-43-15-9-12-18-46(43)37-64(60)71-66(56)40-52/h1-40H. The number of hydrogen-bond donors (Lipinski definition) is 0. The van der Waals surface area contributed by atoms with Gasteiger partial charge in [-0.25, -0.2) is 0 Å². The van der Waals surface area contributed by atoms with Crippen LogP contribution in [0.2, 0.25) is 0 Å². The van der Waals surface area contributed by atoms with Gasteiger partial charge in [0.05, 0.1) is 0 Å². The van der Waals surface area contributed by atoms with Crippen molar-refractivity contribution >= 4 is 151 Å². The average molecular weight is 941 g/mol. The zero-order valence-electron chi connectivity index (χ0n) is 38.2. The number of anilines is 6. The van der Waals surface area contributed by atoms with Gasteiger partial charge in [0, 0.05) is 85.2 Å². The van der Waals surface area contributed by atoms with Gasteiger partial charge in [0.25, 0.3) is 0 Å². The van der Waals surface area contributed by atoms with Gasteiger partial charge in [0.1, 0.15) is 11.2 Å². The van der Waals surface area contributed by atoms with E-state index in [0.29, 0.717) is 0 Å². The predicted octanol–water partition coefficient (Wildman–Crippen LogP) is 20.4. The largest absolute Gasteiger partial charge is 0.456 e. The Morgan fingerprint density at radius 1 is 0.239 bits per heavy atom. The molecular weight excluding hydrogens is 901 g/mol. The Morgan fingerprint density at radius 3 is 1.17 bits per heavy atom. The number of furan rings is 1. The fraction of sp³-hybridized carbons (Fsp3) is 0. The van der Waals surface area contributed by atoms with Crippen molar-refractivity contribution in [3.63, 3.8) is 0 Å². The molecule has 0 radical (unpaired) electrons. The Morgan fingerprint density at radius 2 is 0.662 bits per heavy atom. The molecule has 0 amide bonds. The van der Waals surface area contributed by atoms with Crippen LogP contribution >= 0.6 is 22.7 Å². The highest BCUT2D eigenvalue weighted by Gasteiger charge is 2.22. The second kappa shape index (κ2) is 15.9. The SMILES string of the molecule is c1ccc(N(c2cc(-c3ccc4oc5cc6ccccc6cc5c4c3)cc(N(c3ccccc3)c3ccc4c(c3)sc3cc5ccccc5cc34)c2)c2ccc3c(c2)sc2cc4ccccc4cc23)cc1. The van der Waals surface area contributed by atoms with Crippen LogP contribution in [-0.2, 0) is 0 Å². The predicted molar refractivity (Wildman–Crippen MR) is 307 cm³/mol. The Balaban J connectivity index is 0.965. The van der Waals surface area contributed by atoms with Gasteiger partial charge in [0.2, 0.25) is 0 Å². The van der Waals surface area contributed by atoms with Gasteiger partial charge < -0.3 is 14.2 Å². The third-order valence-electron chi connectivity index (χ3n) is 14.3. The number of hydrogen-bond acceptors (Lipinski definition) is 5. The van der Waals surface area contributed by atoms with Gasteiger partial charge in [-0.2, -0.15) is 0 Å². The molecule has 12 aromatic carbocycles. The minimum atomic E-state index is 0.876. The third kappa shape index (κ3) is 6.69. The van der Waals surface area contributed by atoms with Crippen LogP contribution in [0.25, 0.3) is 106 Å². The van der Waals surface area contributed by atoms with Crippen LogP contribution in [0.5, 0.6) is 0 Å². The van der Waals surface area contributed by atoms with E-state index < -0.39 is 0 Å². The summed E-state index contributed by atoms with van der Waals surface area (Å²) in [5, 5.41) is 14.8. The maximum atomic E-state index is 6.55. The molecular formula is C66H40N2OS2. The van der Waals surface area contributed by atoms with Gasteiger partial charge >= 0.3 is 0 Å². The third-order valence-corrected chi connectivity index (χ3v) is 16.5. The van der Waals surface area contributed by atoms with E-state index in [9.17, 15) is 0 Å². The topological polar surface area (TPSA) is 19.6 Å². The van der Waals surface area contributed by atoms with Crippen molar-refractivity contribution in [3.8, 4) is 11.1 Å². The lowest BCUT2D eigenvalue weighted by molar-refractivity contribution is 0.669. The maximum absolute atomic E-state index is 6.55. The number of para-hydroxylation sites is 2. The minimum absolute atomic E-state index is 0.876. The lowest BCUT2D eigenvalue weighted by Gasteiger charge is -2.30. The van der Waals surface area contributed by atoms with E-state index in [-0.39, 0.29) is 0 Å². The fourth-order valence-corrected chi connectivity index (χ4v) is 13.2. The van der Waals surface area contributed by atoms with Crippen molar-refractivity contribution in [2.45, 2.75) is 0 Å². The van der Waals surface area contributed by atoms with Gasteiger partial charge in [-0.05, 0) is 159 Å². The average Bonchev–Trinajstić information content (AvgIpc) is 4.08. The molecule has 0 saturated carbocycles. The highest BCUT2D eigenvalue weighted by Crippen LogP contribution is 2.48. The molecule has 15 aromatic rings. The van der Waals surface area contributed by atoms with E-state index in [1.54, 1.807) is 0 Å². The summed E-state index contributed by atoms with van der Waals surface area (Å²) in [6.45, 7) is 0. The lowest BCUT2D eigenvalue weighted by Crippen LogP contribution is -2.13. The Hall–Kier alpha value is -8.74. The molecule has 0 N–H and O–H groups in total. The van der Waals surface area contributed by atoms with Gasteiger partial charge in [-0.15, -0.1) is 22.7 Å². The van der Waals surface area contributed by atoms with Gasteiger partial charge in [-0.1, -0.05) is 127 Å². The summed E-state index contributed by atoms with van der Waals surface area (Å²) in [6.07, 6.45) is 0. The van der Waals surface area contributed by atoms with Crippen LogP contribution in [0.15, 0.2) is 247 Å². The summed E-state index contributed by atoms with van der Waals surface area (Å²) in [5.74, 6) is 0. The Bertz CT molecular complexity index is 4390. The van der Waals surface area contributed by atoms with Crippen LogP contribution in [0.4, 0.5) is 34.1 Å². The molecule has 0 spiro atoms. The monoisotopic (exact) mass is 940 g/mol. The molecule has 0 aliphatic heterocycles. The van der Waals surface area contributed by atoms with Crippen LogP contribution in [0.3, 0.4) is 0 Å². The lowest BCUT2D eigenvalue weighted by atomic mass is 9.99. The summed E-state index contributed by atoms with van der Waals surface area (Å²) in [4.78, 5) is 4.85. The molecule has 332 valence electrons. The zero-order chi connectivity index (χ0) is 46.6. The summed E-state index contributed by atoms with van der Waals surface area (Å²) in [5.41, 5.74) is 10.4. The minimum Gasteiger partial charge on any atom is -0.456 e. The molecule has 0 aliphatic carbocycles. The highest BCUT2D eigenvalue weighted by atomic mass is 32.1. The van der Waals surface area contributed by atoms with Crippen LogP contribution < -0.4 is 9.80 Å². The summed E-state index contributed by atoms with van der Waals surface area (Å²) in [7, 11) is 0. The van der Waals surface area contributed by atoms with Gasteiger partial charge in [-0.3, -0.25) is 0 Å². The van der Waals surface area contributed by atoms with Crippen molar-refractivity contribution in [3.05, 3.63) is 243 Å². The smallest absolute Gasteiger partial charge is 0.136 e. The second-order valence-corrected chi connectivity index (χ2v) is 20.7. The van der Waals surface area contributed by atoms with Crippen molar-refractivity contribution in [1.82, 2.24) is 0 Å². The van der Waals surface area contributed by atoms with E-state index in [2.05, 4.69) is 252 Å². The first-order chi connectivity index (χ1) is 35.1. The molecule has 3 heterocycles. The van der Waals surface area contributed by atoms with E-state index >= 15 is 0 Å². The van der Waals surface area contributed by atoms with Crippen LogP contribution in [-0.4, -0.2) is 0 Å². The molecule has 0 atom stereocenters. The molecule has 0 bridgehead atoms. The van der Waals surface area contributed by atoms with E-state index in [0.717, 1.165) is 67.2 Å². The molecule has 0 aliphatic rings. The van der Waals surface area contributed by atoms with E-state index in [4.69, 9.17) is 4.42 Å². The number of rotatable bonds is 7. The molecule has 3 aromatic heterocycles. The zero-order valence-corrected chi connectivity index (χ0v) is 39.8. The van der Waals surface area contributed by atoms with Gasteiger partial charge in [0.15, 0.2) is 0 Å². The summed E-state index contributed by atoms with van der Waals surface area (Å²) < 4.78 is 11.7. The van der Waals surface area contributed by atoms with Crippen molar-refractivity contribution in [1.29, 1.82) is 0 Å². The molecule has 3 nitrogen and oxygen atoms in total. The second-order valence-electron chi connectivity index (χ2n) is 18.5. The van der Waals surface area contributed by atoms with Crippen molar-refractivity contribution < 1.29 is 4.42 Å². The Labute approximate surface area is 416 Å². The summed E-state index contributed by atoms with van der Waals surface area (Å²) in [6, 6.07) is 89.1. The Kier molecular flexibility index (Phi) is 9.00. The number of benzene rings is 12. The van der Waals surface area contributed by atoms with E-state index in [1.165, 1.54) is 72.7 Å². The van der Waals surface area contributed by atoms with Crippen molar-refractivity contribution in [2.24, 2.45) is 0 Å². The molecule has 15 rings (SSSR count). The molecule has 71 heavy (non-hydrogen) atoms. The maximum Gasteiger partial charge on any atom is 0.136 e. The first-order valence-electron chi connectivity index (χ1n) is 24.0. The number of fused-ring (bicyclic) bond motifs is 12. The molecule has 5 heteroatoms. The first-order valence-corrected chi connectivity index (χ1v) is 25.7. The number of nitrogens with zero attached hydrogens (tertiary/aromatic N) is 2. The summed E-state index contributed by atoms with van der Waals surface area (Å²) >= 11 is 3.73. The van der Waals surface area contributed by atoms with Crippen molar-refractivity contribution in [2.75, 3.05) is 9.80 Å². The first kappa shape index (κ1) is 40.2. The normalized spacial score (nSPS) is 11.9. The molecule has 0 unspecified atom stereocenters. The quantitative estimate of drug-likeness (QED) is 0.159. The van der Waals surface area contributed by atoms with Crippen LogP contribution in [0, 0.1) is 0 Å².